The number of benzene rings is 1. The highest BCUT2D eigenvalue weighted by Crippen LogP contribution is 2.17. The van der Waals surface area contributed by atoms with E-state index in [0.29, 0.717) is 6.54 Å². The van der Waals surface area contributed by atoms with Crippen molar-refractivity contribution in [2.24, 2.45) is 0 Å². The zero-order valence-corrected chi connectivity index (χ0v) is 15.5. The number of aromatic nitrogens is 2. The van der Waals surface area contributed by atoms with Crippen LogP contribution in [-0.2, 0) is 11.3 Å². The Kier molecular flexibility index (Phi) is 6.44. The van der Waals surface area contributed by atoms with Crippen LogP contribution in [0.3, 0.4) is 0 Å². The summed E-state index contributed by atoms with van der Waals surface area (Å²) < 4.78 is 5.36. The Morgan fingerprint density at radius 3 is 2.50 bits per heavy atom. The molecule has 26 heavy (non-hydrogen) atoms. The standard InChI is InChI=1S/C16H18N4O.C4H9N/c1-11-7-13-14(19-6-5-18-13)8-12(11)9-20-15-10-17-4-3-16(15)21-2;1-2-4-5-3-1/h3,5-8,10,17,20H,4,9H2,1-2H3;5H,1-4H2. The highest BCUT2D eigenvalue weighted by molar-refractivity contribution is 5.75. The number of fused-ring (bicyclic) bond motifs is 1. The zero-order valence-electron chi connectivity index (χ0n) is 15.5. The summed E-state index contributed by atoms with van der Waals surface area (Å²) in [7, 11) is 1.68. The van der Waals surface area contributed by atoms with Gasteiger partial charge in [-0.3, -0.25) is 9.97 Å². The molecule has 6 nitrogen and oxygen atoms in total. The zero-order chi connectivity index (χ0) is 18.2. The highest BCUT2D eigenvalue weighted by Gasteiger charge is 2.10. The summed E-state index contributed by atoms with van der Waals surface area (Å²) in [5.74, 6) is 0.868. The molecule has 6 heteroatoms. The predicted octanol–water partition coefficient (Wildman–Crippen LogP) is 2.37. The first kappa shape index (κ1) is 18.2. The minimum absolute atomic E-state index is 0.715. The molecule has 2 aromatic rings. The normalized spacial score (nSPS) is 16.1. The lowest BCUT2D eigenvalue weighted by Crippen LogP contribution is -2.23. The van der Waals surface area contributed by atoms with Gasteiger partial charge < -0.3 is 20.7 Å². The van der Waals surface area contributed by atoms with Crippen molar-refractivity contribution in [2.45, 2.75) is 26.3 Å². The van der Waals surface area contributed by atoms with Crippen LogP contribution in [0.1, 0.15) is 24.0 Å². The monoisotopic (exact) mass is 353 g/mol. The number of nitrogens with zero attached hydrogens (tertiary/aromatic N) is 2. The molecule has 2 aliphatic rings. The third kappa shape index (κ3) is 4.73. The van der Waals surface area contributed by atoms with Crippen LogP contribution in [-0.4, -0.2) is 36.7 Å². The van der Waals surface area contributed by atoms with Crippen molar-refractivity contribution in [3.8, 4) is 0 Å². The Morgan fingerprint density at radius 1 is 1.12 bits per heavy atom. The molecule has 3 heterocycles. The van der Waals surface area contributed by atoms with E-state index in [4.69, 9.17) is 4.74 Å². The molecule has 0 saturated carbocycles. The van der Waals surface area contributed by atoms with Gasteiger partial charge in [-0.25, -0.2) is 0 Å². The van der Waals surface area contributed by atoms with Crippen molar-refractivity contribution in [1.82, 2.24) is 25.9 Å². The molecule has 138 valence electrons. The van der Waals surface area contributed by atoms with E-state index in [0.717, 1.165) is 29.0 Å². The second kappa shape index (κ2) is 9.20. The van der Waals surface area contributed by atoms with Gasteiger partial charge in [0.1, 0.15) is 5.76 Å². The summed E-state index contributed by atoms with van der Waals surface area (Å²) in [4.78, 5) is 8.68. The first-order valence-corrected chi connectivity index (χ1v) is 9.11. The maximum absolute atomic E-state index is 5.36. The SMILES string of the molecule is C1CCNC1.COC1=CCNC=C1NCc1cc2nccnc2cc1C. The maximum atomic E-state index is 5.36. The van der Waals surface area contributed by atoms with Gasteiger partial charge in [0.15, 0.2) is 0 Å². The van der Waals surface area contributed by atoms with E-state index in [2.05, 4.69) is 45.0 Å². The van der Waals surface area contributed by atoms with Crippen molar-refractivity contribution >= 4 is 11.0 Å². The topological polar surface area (TPSA) is 71.1 Å². The molecule has 0 unspecified atom stereocenters. The Hall–Kier alpha value is -2.60. The van der Waals surface area contributed by atoms with Crippen molar-refractivity contribution in [2.75, 3.05) is 26.7 Å². The van der Waals surface area contributed by atoms with Gasteiger partial charge in [0.05, 0.1) is 23.8 Å². The summed E-state index contributed by atoms with van der Waals surface area (Å²) in [6.45, 7) is 6.09. The molecule has 1 fully saturated rings. The second-order valence-electron chi connectivity index (χ2n) is 6.37. The molecule has 0 aliphatic carbocycles. The fourth-order valence-electron chi connectivity index (χ4n) is 2.99. The first-order valence-electron chi connectivity index (χ1n) is 9.11. The summed E-state index contributed by atoms with van der Waals surface area (Å²) in [6.07, 6.45) is 10.2. The van der Waals surface area contributed by atoms with Crippen molar-refractivity contribution in [1.29, 1.82) is 0 Å². The molecule has 0 radical (unpaired) electrons. The van der Waals surface area contributed by atoms with Crippen LogP contribution in [0.4, 0.5) is 0 Å². The molecular formula is C20H27N5O. The summed E-state index contributed by atoms with van der Waals surface area (Å²) in [6, 6.07) is 4.15. The van der Waals surface area contributed by atoms with Crippen LogP contribution in [0.15, 0.2) is 48.3 Å². The van der Waals surface area contributed by atoms with Gasteiger partial charge in [-0.05, 0) is 62.2 Å². The molecule has 0 amide bonds. The number of rotatable bonds is 4. The number of aryl methyl sites for hydroxylation is 1. The van der Waals surface area contributed by atoms with Gasteiger partial charge in [0, 0.05) is 31.7 Å². The summed E-state index contributed by atoms with van der Waals surface area (Å²) in [5, 5.41) is 9.80. The summed E-state index contributed by atoms with van der Waals surface area (Å²) >= 11 is 0. The van der Waals surface area contributed by atoms with E-state index >= 15 is 0 Å². The molecule has 1 aromatic heterocycles. The molecule has 1 saturated heterocycles. The molecule has 0 atom stereocenters. The van der Waals surface area contributed by atoms with Crippen molar-refractivity contribution in [3.63, 3.8) is 0 Å². The van der Waals surface area contributed by atoms with Crippen molar-refractivity contribution < 1.29 is 4.74 Å². The third-order valence-corrected chi connectivity index (χ3v) is 4.49. The van der Waals surface area contributed by atoms with E-state index in [1.165, 1.54) is 37.1 Å². The Bertz CT molecular complexity index is 788. The van der Waals surface area contributed by atoms with Gasteiger partial charge in [-0.15, -0.1) is 0 Å². The molecule has 2 aliphatic heterocycles. The molecule has 0 bridgehead atoms. The van der Waals surface area contributed by atoms with Crippen LogP contribution < -0.4 is 16.0 Å². The minimum Gasteiger partial charge on any atom is -0.495 e. The average Bonchev–Trinajstić information content (AvgIpc) is 3.26. The van der Waals surface area contributed by atoms with E-state index < -0.39 is 0 Å². The second-order valence-corrected chi connectivity index (χ2v) is 6.37. The lowest BCUT2D eigenvalue weighted by Gasteiger charge is -2.18. The number of ether oxygens (including phenoxy) is 1. The third-order valence-electron chi connectivity index (χ3n) is 4.49. The summed E-state index contributed by atoms with van der Waals surface area (Å²) in [5.41, 5.74) is 5.20. The first-order chi connectivity index (χ1) is 12.8. The highest BCUT2D eigenvalue weighted by atomic mass is 16.5. The molecular weight excluding hydrogens is 326 g/mol. The van der Waals surface area contributed by atoms with Crippen LogP contribution in [0.5, 0.6) is 0 Å². The van der Waals surface area contributed by atoms with Crippen molar-refractivity contribution in [3.05, 3.63) is 59.4 Å². The van der Waals surface area contributed by atoms with Gasteiger partial charge >= 0.3 is 0 Å². The Morgan fingerprint density at radius 2 is 1.85 bits per heavy atom. The van der Waals surface area contributed by atoms with Gasteiger partial charge in [-0.1, -0.05) is 0 Å². The van der Waals surface area contributed by atoms with E-state index in [1.807, 2.05) is 12.3 Å². The van der Waals surface area contributed by atoms with Crippen LogP contribution in [0.25, 0.3) is 11.0 Å². The average molecular weight is 353 g/mol. The Labute approximate surface area is 154 Å². The number of nitrogens with one attached hydrogen (secondary N) is 3. The number of methoxy groups -OCH3 is 1. The fourth-order valence-corrected chi connectivity index (χ4v) is 2.99. The minimum atomic E-state index is 0.715. The lowest BCUT2D eigenvalue weighted by atomic mass is 10.1. The number of dihydropyridines is 1. The van der Waals surface area contributed by atoms with Gasteiger partial charge in [0.25, 0.3) is 0 Å². The largest absolute Gasteiger partial charge is 0.495 e. The fraction of sp³-hybridized carbons (Fsp3) is 0.400. The van der Waals surface area contributed by atoms with E-state index in [1.54, 1.807) is 19.5 Å². The molecule has 1 aromatic carbocycles. The van der Waals surface area contributed by atoms with Crippen LogP contribution in [0, 0.1) is 6.92 Å². The molecule has 0 spiro atoms. The maximum Gasteiger partial charge on any atom is 0.141 e. The van der Waals surface area contributed by atoms with Crippen LogP contribution in [0.2, 0.25) is 0 Å². The van der Waals surface area contributed by atoms with Gasteiger partial charge in [-0.2, -0.15) is 0 Å². The number of hydrogen-bond donors (Lipinski definition) is 3. The Balaban J connectivity index is 0.000000339. The predicted molar refractivity (Wildman–Crippen MR) is 104 cm³/mol. The quantitative estimate of drug-likeness (QED) is 0.784. The smallest absolute Gasteiger partial charge is 0.141 e. The number of hydrogen-bond acceptors (Lipinski definition) is 6. The lowest BCUT2D eigenvalue weighted by molar-refractivity contribution is 0.291. The molecule has 3 N–H and O–H groups in total. The van der Waals surface area contributed by atoms with E-state index in [-0.39, 0.29) is 0 Å². The van der Waals surface area contributed by atoms with Gasteiger partial charge in [0.2, 0.25) is 0 Å². The van der Waals surface area contributed by atoms with Crippen LogP contribution >= 0.6 is 0 Å². The van der Waals surface area contributed by atoms with E-state index in [9.17, 15) is 0 Å². The molecule has 4 rings (SSSR count).